The van der Waals surface area contributed by atoms with Crippen LogP contribution in [0.25, 0.3) is 0 Å². The van der Waals surface area contributed by atoms with Crippen molar-refractivity contribution in [1.82, 2.24) is 4.98 Å². The monoisotopic (exact) mass is 452 g/mol. The van der Waals surface area contributed by atoms with Gasteiger partial charge in [0.2, 0.25) is 5.82 Å². The molecule has 1 saturated heterocycles. The molecule has 174 valence electrons. The van der Waals surface area contributed by atoms with Crippen molar-refractivity contribution in [3.05, 3.63) is 53.4 Å². The molecule has 1 unspecified atom stereocenters. The smallest absolute Gasteiger partial charge is 0.254 e. The molecule has 1 fully saturated rings. The fourth-order valence-electron chi connectivity index (χ4n) is 3.87. The summed E-state index contributed by atoms with van der Waals surface area (Å²) in [5, 5.41) is 22.3. The number of aromatic nitrogens is 1. The Hall–Kier alpha value is -2.66. The highest BCUT2D eigenvalue weighted by Crippen LogP contribution is 2.42. The fourth-order valence-corrected chi connectivity index (χ4v) is 3.87. The van der Waals surface area contributed by atoms with Gasteiger partial charge in [0.05, 0.1) is 37.5 Å². The Morgan fingerprint density at radius 1 is 1.31 bits per heavy atom. The van der Waals surface area contributed by atoms with E-state index in [4.69, 9.17) is 14.2 Å². The van der Waals surface area contributed by atoms with Crippen molar-refractivity contribution in [2.24, 2.45) is 0 Å². The molecular weight excluding hydrogens is 426 g/mol. The summed E-state index contributed by atoms with van der Waals surface area (Å²) in [6.07, 6.45) is -0.890. The molecule has 32 heavy (non-hydrogen) atoms. The Bertz CT molecular complexity index is 987. The Morgan fingerprint density at radius 3 is 2.66 bits per heavy atom. The summed E-state index contributed by atoms with van der Waals surface area (Å²) in [6.45, 7) is 2.54. The van der Waals surface area contributed by atoms with Gasteiger partial charge < -0.3 is 29.7 Å². The number of hydrogen-bond acceptors (Lipinski definition) is 7. The van der Waals surface area contributed by atoms with E-state index in [1.165, 1.54) is 45.5 Å². The van der Waals surface area contributed by atoms with Crippen LogP contribution < -0.4 is 10.1 Å². The lowest BCUT2D eigenvalue weighted by Gasteiger charge is -2.25. The van der Waals surface area contributed by atoms with Crippen molar-refractivity contribution in [3.8, 4) is 5.75 Å². The van der Waals surface area contributed by atoms with Crippen LogP contribution in [-0.2, 0) is 19.9 Å². The number of nitrogens with zero attached hydrogens (tertiary/aromatic N) is 1. The van der Waals surface area contributed by atoms with Crippen LogP contribution in [0.1, 0.15) is 31.0 Å². The van der Waals surface area contributed by atoms with Crippen molar-refractivity contribution in [2.75, 3.05) is 26.1 Å². The van der Waals surface area contributed by atoms with Gasteiger partial charge in [0.25, 0.3) is 5.91 Å². The maximum Gasteiger partial charge on any atom is 0.254 e. The van der Waals surface area contributed by atoms with Gasteiger partial charge in [-0.2, -0.15) is 4.39 Å². The lowest BCUT2D eigenvalue weighted by Crippen LogP contribution is -2.35. The van der Waals surface area contributed by atoms with E-state index in [1.807, 2.05) is 0 Å². The quantitative estimate of drug-likeness (QED) is 0.590. The maximum absolute atomic E-state index is 14.4. The van der Waals surface area contributed by atoms with Gasteiger partial charge in [-0.3, -0.25) is 9.78 Å². The number of pyridine rings is 1. The number of aliphatic hydroxyl groups excluding tert-OH is 1. The van der Waals surface area contributed by atoms with Crippen molar-refractivity contribution >= 4 is 11.6 Å². The van der Waals surface area contributed by atoms with Crippen molar-refractivity contribution in [1.29, 1.82) is 0 Å². The lowest BCUT2D eigenvalue weighted by atomic mass is 9.87. The summed E-state index contributed by atoms with van der Waals surface area (Å²) in [5.74, 6) is -3.91. The predicted molar refractivity (Wildman–Crippen MR) is 110 cm³/mol. The highest BCUT2D eigenvalue weighted by atomic mass is 19.2. The molecule has 2 heterocycles. The summed E-state index contributed by atoms with van der Waals surface area (Å²) in [7, 11) is 2.65. The first kappa shape index (κ1) is 24.0. The van der Waals surface area contributed by atoms with E-state index >= 15 is 0 Å². The molecule has 1 aliphatic heterocycles. The van der Waals surface area contributed by atoms with Crippen LogP contribution in [0.3, 0.4) is 0 Å². The van der Waals surface area contributed by atoms with E-state index < -0.39 is 54.0 Å². The number of ether oxygens (including phenoxy) is 3. The molecule has 0 bridgehead atoms. The third kappa shape index (κ3) is 4.44. The molecule has 3 rings (SSSR count). The highest BCUT2D eigenvalue weighted by Gasteiger charge is 2.48. The van der Waals surface area contributed by atoms with Crippen LogP contribution in [0.5, 0.6) is 5.75 Å². The summed E-state index contributed by atoms with van der Waals surface area (Å²) in [6, 6.07) is 5.24. The molecule has 5 atom stereocenters. The van der Waals surface area contributed by atoms with Gasteiger partial charge in [0.1, 0.15) is 11.7 Å². The van der Waals surface area contributed by atoms with Gasteiger partial charge in [-0.25, -0.2) is 4.39 Å². The average Bonchev–Trinajstić information content (AvgIpc) is 3.11. The van der Waals surface area contributed by atoms with E-state index in [-0.39, 0.29) is 17.0 Å². The molecule has 1 aromatic carbocycles. The second-order valence-corrected chi connectivity index (χ2v) is 7.82. The Morgan fingerprint density at radius 2 is 2.03 bits per heavy atom. The molecule has 0 saturated carbocycles. The van der Waals surface area contributed by atoms with E-state index in [2.05, 4.69) is 10.3 Å². The number of amides is 1. The minimum absolute atomic E-state index is 0.159. The highest BCUT2D eigenvalue weighted by molar-refractivity contribution is 5.95. The summed E-state index contributed by atoms with van der Waals surface area (Å²) in [5.41, 5.74) is -0.891. The molecule has 2 aromatic rings. The first-order chi connectivity index (χ1) is 15.1. The number of nitrogens with one attached hydrogen (secondary N) is 1. The molecule has 1 aromatic heterocycles. The van der Waals surface area contributed by atoms with E-state index in [0.717, 1.165) is 6.07 Å². The van der Waals surface area contributed by atoms with Gasteiger partial charge in [-0.05, 0) is 32.0 Å². The number of carbonyl (C=O) groups is 1. The molecule has 1 aliphatic rings. The number of carbonyl (C=O) groups excluding carboxylic acids is 1. The number of methoxy groups -OCH3 is 2. The topological polar surface area (TPSA) is 110 Å². The number of aliphatic hydroxyl groups is 2. The number of benzene rings is 1. The molecule has 10 heteroatoms. The van der Waals surface area contributed by atoms with Crippen LogP contribution in [-0.4, -0.2) is 60.2 Å². The third-order valence-electron chi connectivity index (χ3n) is 5.57. The van der Waals surface area contributed by atoms with Gasteiger partial charge in [-0.15, -0.1) is 0 Å². The fraction of sp³-hybridized carbons (Fsp3) is 0.455. The molecular formula is C22H26F2N2O6. The Labute approximate surface area is 184 Å². The number of hydrogen-bond donors (Lipinski definition) is 3. The van der Waals surface area contributed by atoms with Crippen LogP contribution in [0, 0.1) is 11.6 Å². The molecule has 0 radical (unpaired) electrons. The summed E-state index contributed by atoms with van der Waals surface area (Å²) < 4.78 is 44.6. The number of anilines is 1. The zero-order valence-corrected chi connectivity index (χ0v) is 18.1. The Kier molecular flexibility index (Phi) is 7.09. The van der Waals surface area contributed by atoms with Crippen LogP contribution in [0.4, 0.5) is 14.5 Å². The standard InChI is InChI=1S/C22H26F2N2O6/c1-11-18(30-3)16(13-5-6-14(23)17(24)19(13)31-4)20(32-11)21(28)26-12-7-8-25-15(9-12)22(2,29)10-27/h5-9,11,16,18,20,27,29H,10H2,1-4H3,(H,25,26,28)/t11-,16+,18+,20+,22?/m0/s1. The van der Waals surface area contributed by atoms with Gasteiger partial charge >= 0.3 is 0 Å². The third-order valence-corrected chi connectivity index (χ3v) is 5.57. The first-order valence-electron chi connectivity index (χ1n) is 9.95. The minimum atomic E-state index is -1.60. The van der Waals surface area contributed by atoms with Gasteiger partial charge in [-0.1, -0.05) is 6.07 Å². The summed E-state index contributed by atoms with van der Waals surface area (Å²) in [4.78, 5) is 17.2. The number of halogens is 2. The molecule has 8 nitrogen and oxygen atoms in total. The van der Waals surface area contributed by atoms with Crippen molar-refractivity contribution in [2.45, 2.75) is 43.7 Å². The predicted octanol–water partition coefficient (Wildman–Crippen LogP) is 2.09. The normalized spacial score (nSPS) is 24.8. The lowest BCUT2D eigenvalue weighted by molar-refractivity contribution is -0.127. The summed E-state index contributed by atoms with van der Waals surface area (Å²) >= 11 is 0. The maximum atomic E-state index is 14.4. The molecule has 0 aliphatic carbocycles. The van der Waals surface area contributed by atoms with Gasteiger partial charge in [0, 0.05) is 24.6 Å². The van der Waals surface area contributed by atoms with E-state index in [1.54, 1.807) is 6.92 Å². The first-order valence-corrected chi connectivity index (χ1v) is 9.95. The van der Waals surface area contributed by atoms with Crippen molar-refractivity contribution < 1.29 is 38.0 Å². The zero-order chi connectivity index (χ0) is 23.6. The second kappa shape index (κ2) is 9.45. The van der Waals surface area contributed by atoms with Crippen molar-refractivity contribution in [3.63, 3.8) is 0 Å². The molecule has 1 amide bonds. The molecule has 3 N–H and O–H groups in total. The zero-order valence-electron chi connectivity index (χ0n) is 18.1. The van der Waals surface area contributed by atoms with Gasteiger partial charge in [0.15, 0.2) is 11.6 Å². The number of rotatable bonds is 7. The Balaban J connectivity index is 1.95. The van der Waals surface area contributed by atoms with E-state index in [0.29, 0.717) is 5.69 Å². The van der Waals surface area contributed by atoms with Crippen LogP contribution in [0.15, 0.2) is 30.5 Å². The largest absolute Gasteiger partial charge is 0.493 e. The second-order valence-electron chi connectivity index (χ2n) is 7.82. The van der Waals surface area contributed by atoms with E-state index in [9.17, 15) is 23.8 Å². The molecule has 0 spiro atoms. The van der Waals surface area contributed by atoms with Crippen LogP contribution in [0.2, 0.25) is 0 Å². The minimum Gasteiger partial charge on any atom is -0.493 e. The van der Waals surface area contributed by atoms with Crippen LogP contribution >= 0.6 is 0 Å². The SMILES string of the molecule is COc1c([C@@H]2[C@H](OC)[C@H](C)O[C@H]2C(=O)Nc2ccnc(C(C)(O)CO)c2)ccc(F)c1F. The average molecular weight is 452 g/mol.